The van der Waals surface area contributed by atoms with Crippen LogP contribution in [0.3, 0.4) is 0 Å². The van der Waals surface area contributed by atoms with E-state index in [-0.39, 0.29) is 11.5 Å². The van der Waals surface area contributed by atoms with Crippen LogP contribution in [0.25, 0.3) is 16.6 Å². The van der Waals surface area contributed by atoms with Gasteiger partial charge >= 0.3 is 0 Å². The Hall–Kier alpha value is -3.34. The number of H-pyrrole nitrogens is 1. The highest BCUT2D eigenvalue weighted by Crippen LogP contribution is 2.14. The standard InChI is InChI=1S/C20H17N3O2/c24-19(21-11-10-14-6-2-1-3-7-14)15-12-18-22-20(25)16-8-4-5-9-17(16)23(18)13-15/h1-9,12-13H,10-11H2,(H,21,24)(H,22,25). The molecule has 0 bridgehead atoms. The highest BCUT2D eigenvalue weighted by Gasteiger charge is 2.11. The SMILES string of the molecule is O=C(NCCc1ccccc1)c1cc2[nH]c(=O)c3ccccc3n2c1. The molecule has 124 valence electrons. The van der Waals surface area contributed by atoms with E-state index < -0.39 is 0 Å². The van der Waals surface area contributed by atoms with Crippen molar-refractivity contribution in [3.05, 3.63) is 88.3 Å². The zero-order chi connectivity index (χ0) is 17.2. The number of carbonyl (C=O) groups excluding carboxylic acids is 1. The summed E-state index contributed by atoms with van der Waals surface area (Å²) >= 11 is 0. The molecule has 0 spiro atoms. The normalized spacial score (nSPS) is 11.0. The molecule has 25 heavy (non-hydrogen) atoms. The maximum atomic E-state index is 12.4. The second kappa shape index (κ2) is 6.28. The van der Waals surface area contributed by atoms with E-state index in [2.05, 4.69) is 10.3 Å². The minimum atomic E-state index is -0.155. The number of hydrogen-bond acceptors (Lipinski definition) is 2. The molecule has 0 aliphatic carbocycles. The van der Waals surface area contributed by atoms with E-state index in [1.165, 1.54) is 5.56 Å². The average molecular weight is 331 g/mol. The van der Waals surface area contributed by atoms with Gasteiger partial charge < -0.3 is 14.7 Å². The van der Waals surface area contributed by atoms with Crippen LogP contribution in [-0.2, 0) is 6.42 Å². The molecule has 2 N–H and O–H groups in total. The van der Waals surface area contributed by atoms with Crippen LogP contribution in [0.5, 0.6) is 0 Å². The summed E-state index contributed by atoms with van der Waals surface area (Å²) in [6.45, 7) is 0.562. The second-order valence-electron chi connectivity index (χ2n) is 5.95. The van der Waals surface area contributed by atoms with E-state index in [9.17, 15) is 9.59 Å². The summed E-state index contributed by atoms with van der Waals surface area (Å²) < 4.78 is 1.84. The number of aromatic amines is 1. The number of nitrogens with one attached hydrogen (secondary N) is 2. The van der Waals surface area contributed by atoms with Gasteiger partial charge in [-0.3, -0.25) is 9.59 Å². The largest absolute Gasteiger partial charge is 0.352 e. The number of benzene rings is 2. The Morgan fingerprint density at radius 3 is 2.64 bits per heavy atom. The van der Waals surface area contributed by atoms with Crippen LogP contribution >= 0.6 is 0 Å². The monoisotopic (exact) mass is 331 g/mol. The Labute approximate surface area is 143 Å². The van der Waals surface area contributed by atoms with Gasteiger partial charge in [0, 0.05) is 12.7 Å². The zero-order valence-electron chi connectivity index (χ0n) is 13.5. The lowest BCUT2D eigenvalue weighted by Crippen LogP contribution is -2.25. The summed E-state index contributed by atoms with van der Waals surface area (Å²) in [5.41, 5.74) is 2.94. The van der Waals surface area contributed by atoms with E-state index >= 15 is 0 Å². The van der Waals surface area contributed by atoms with E-state index in [0.717, 1.165) is 11.9 Å². The Morgan fingerprint density at radius 1 is 1.04 bits per heavy atom. The molecule has 2 heterocycles. The van der Waals surface area contributed by atoms with Crippen molar-refractivity contribution in [3.8, 4) is 0 Å². The van der Waals surface area contributed by atoms with Gasteiger partial charge in [-0.2, -0.15) is 0 Å². The summed E-state index contributed by atoms with van der Waals surface area (Å²) in [6, 6.07) is 19.1. The number of amides is 1. The number of rotatable bonds is 4. The van der Waals surface area contributed by atoms with Crippen LogP contribution in [0.2, 0.25) is 0 Å². The third kappa shape index (κ3) is 2.92. The number of nitrogens with zero attached hydrogens (tertiary/aromatic N) is 1. The molecule has 0 aliphatic rings. The Bertz CT molecular complexity index is 1110. The van der Waals surface area contributed by atoms with E-state index in [1.807, 2.05) is 52.9 Å². The van der Waals surface area contributed by atoms with Gasteiger partial charge in [0.05, 0.1) is 16.5 Å². The van der Waals surface area contributed by atoms with Gasteiger partial charge in [-0.25, -0.2) is 0 Å². The molecule has 0 saturated carbocycles. The molecule has 0 fully saturated rings. The van der Waals surface area contributed by atoms with Crippen molar-refractivity contribution < 1.29 is 4.79 Å². The van der Waals surface area contributed by atoms with Gasteiger partial charge in [0.2, 0.25) is 0 Å². The first-order valence-corrected chi connectivity index (χ1v) is 8.17. The van der Waals surface area contributed by atoms with Gasteiger partial charge in [-0.05, 0) is 30.2 Å². The fourth-order valence-corrected chi connectivity index (χ4v) is 3.01. The highest BCUT2D eigenvalue weighted by molar-refractivity contribution is 5.96. The van der Waals surface area contributed by atoms with Crippen LogP contribution in [0.15, 0.2) is 71.7 Å². The topological polar surface area (TPSA) is 66.4 Å². The summed E-state index contributed by atoms with van der Waals surface area (Å²) in [6.07, 6.45) is 2.53. The minimum absolute atomic E-state index is 0.149. The van der Waals surface area contributed by atoms with Crippen molar-refractivity contribution in [2.24, 2.45) is 0 Å². The molecule has 2 aromatic heterocycles. The van der Waals surface area contributed by atoms with Crippen LogP contribution in [-0.4, -0.2) is 21.8 Å². The van der Waals surface area contributed by atoms with Gasteiger partial charge in [0.15, 0.2) is 0 Å². The maximum absolute atomic E-state index is 12.4. The summed E-state index contributed by atoms with van der Waals surface area (Å²) in [4.78, 5) is 27.4. The third-order valence-corrected chi connectivity index (χ3v) is 4.27. The molecule has 4 rings (SSSR count). The first kappa shape index (κ1) is 15.2. The number of fused-ring (bicyclic) bond motifs is 3. The lowest BCUT2D eigenvalue weighted by atomic mass is 10.1. The van der Waals surface area contributed by atoms with Crippen LogP contribution in [0.4, 0.5) is 0 Å². The fourth-order valence-electron chi connectivity index (χ4n) is 3.01. The molecule has 0 aliphatic heterocycles. The summed E-state index contributed by atoms with van der Waals surface area (Å²) in [5.74, 6) is -0.149. The first-order valence-electron chi connectivity index (χ1n) is 8.17. The van der Waals surface area contributed by atoms with Gasteiger partial charge in [0.25, 0.3) is 11.5 Å². The van der Waals surface area contributed by atoms with Crippen LogP contribution in [0.1, 0.15) is 15.9 Å². The van der Waals surface area contributed by atoms with Gasteiger partial charge in [0.1, 0.15) is 5.65 Å². The highest BCUT2D eigenvalue weighted by atomic mass is 16.1. The van der Waals surface area contributed by atoms with Crippen LogP contribution in [0, 0.1) is 0 Å². The predicted octanol–water partition coefficient (Wildman–Crippen LogP) is 2.75. The molecular formula is C20H17N3O2. The van der Waals surface area contributed by atoms with Crippen LogP contribution < -0.4 is 10.9 Å². The lowest BCUT2D eigenvalue weighted by Gasteiger charge is -2.03. The molecule has 4 aromatic rings. The zero-order valence-corrected chi connectivity index (χ0v) is 13.5. The van der Waals surface area contributed by atoms with E-state index in [4.69, 9.17) is 0 Å². The number of hydrogen-bond donors (Lipinski definition) is 2. The smallest absolute Gasteiger partial charge is 0.258 e. The lowest BCUT2D eigenvalue weighted by molar-refractivity contribution is 0.0954. The molecule has 0 unspecified atom stereocenters. The molecule has 0 atom stereocenters. The van der Waals surface area contributed by atoms with Crippen molar-refractivity contribution in [3.63, 3.8) is 0 Å². The molecule has 2 aromatic carbocycles. The van der Waals surface area contributed by atoms with E-state index in [0.29, 0.717) is 23.1 Å². The quantitative estimate of drug-likeness (QED) is 0.604. The average Bonchev–Trinajstić information content (AvgIpc) is 3.07. The molecule has 1 amide bonds. The van der Waals surface area contributed by atoms with Crippen molar-refractivity contribution in [2.75, 3.05) is 6.54 Å². The van der Waals surface area contributed by atoms with Gasteiger partial charge in [-0.15, -0.1) is 0 Å². The molecule has 0 saturated heterocycles. The Balaban J connectivity index is 1.58. The predicted molar refractivity (Wildman–Crippen MR) is 98.0 cm³/mol. The van der Waals surface area contributed by atoms with E-state index in [1.54, 1.807) is 18.3 Å². The summed E-state index contributed by atoms with van der Waals surface area (Å²) in [7, 11) is 0. The maximum Gasteiger partial charge on any atom is 0.258 e. The Morgan fingerprint density at radius 2 is 1.80 bits per heavy atom. The number of aromatic nitrogens is 2. The molecule has 5 heteroatoms. The second-order valence-corrected chi connectivity index (χ2v) is 5.95. The molecule has 5 nitrogen and oxygen atoms in total. The molecule has 0 radical (unpaired) electrons. The van der Waals surface area contributed by atoms with Crippen molar-refractivity contribution >= 4 is 22.5 Å². The van der Waals surface area contributed by atoms with Crippen molar-refractivity contribution in [1.82, 2.24) is 14.7 Å². The Kier molecular flexibility index (Phi) is 3.82. The van der Waals surface area contributed by atoms with Gasteiger partial charge in [-0.1, -0.05) is 42.5 Å². The first-order chi connectivity index (χ1) is 12.2. The number of carbonyl (C=O) groups is 1. The fraction of sp³-hybridized carbons (Fsp3) is 0.100. The third-order valence-electron chi connectivity index (χ3n) is 4.27. The molecular weight excluding hydrogens is 314 g/mol. The number of para-hydroxylation sites is 1. The van der Waals surface area contributed by atoms with Crippen molar-refractivity contribution in [1.29, 1.82) is 0 Å². The van der Waals surface area contributed by atoms with Crippen molar-refractivity contribution in [2.45, 2.75) is 6.42 Å². The minimum Gasteiger partial charge on any atom is -0.352 e. The summed E-state index contributed by atoms with van der Waals surface area (Å²) in [5, 5.41) is 3.53.